The minimum absolute atomic E-state index is 0.263. The van der Waals surface area contributed by atoms with Gasteiger partial charge in [0.05, 0.1) is 23.1 Å². The average molecular weight is 228 g/mol. The first-order chi connectivity index (χ1) is 8.13. The monoisotopic (exact) mass is 228 g/mol. The van der Waals surface area contributed by atoms with Gasteiger partial charge in [0.25, 0.3) is 0 Å². The molecule has 0 atom stereocenters. The molecule has 0 saturated carbocycles. The molecule has 0 spiro atoms. The third kappa shape index (κ3) is 2.13. The third-order valence-corrected chi connectivity index (χ3v) is 2.79. The molecule has 2 aromatic rings. The fourth-order valence-electron chi connectivity index (χ4n) is 1.93. The first kappa shape index (κ1) is 11.6. The topological polar surface area (TPSA) is 34.9 Å². The molecule has 1 aromatic heterocycles. The van der Waals surface area contributed by atoms with Gasteiger partial charge in [0, 0.05) is 0 Å². The number of carbonyl (C=O) groups excluding carboxylic acids is 1. The predicted molar refractivity (Wildman–Crippen MR) is 67.8 cm³/mol. The van der Waals surface area contributed by atoms with Crippen molar-refractivity contribution in [3.8, 4) is 5.69 Å². The molecule has 3 heteroatoms. The lowest BCUT2D eigenvalue weighted by molar-refractivity contribution is 0.112. The zero-order valence-electron chi connectivity index (χ0n) is 10.3. The van der Waals surface area contributed by atoms with Gasteiger partial charge >= 0.3 is 0 Å². The van der Waals surface area contributed by atoms with Crippen LogP contribution in [0.1, 0.15) is 41.4 Å². The van der Waals surface area contributed by atoms with Crippen LogP contribution in [0.4, 0.5) is 0 Å². The summed E-state index contributed by atoms with van der Waals surface area (Å²) in [5.74, 6) is 0.263. The van der Waals surface area contributed by atoms with E-state index in [1.54, 1.807) is 6.20 Å². The molecule has 0 N–H and O–H groups in total. The summed E-state index contributed by atoms with van der Waals surface area (Å²) in [7, 11) is 0. The quantitative estimate of drug-likeness (QED) is 0.756. The highest BCUT2D eigenvalue weighted by Gasteiger charge is 2.14. The number of nitrogens with zero attached hydrogens (tertiary/aromatic N) is 2. The van der Waals surface area contributed by atoms with E-state index in [1.807, 2.05) is 35.9 Å². The van der Waals surface area contributed by atoms with Crippen LogP contribution < -0.4 is 0 Å². The van der Waals surface area contributed by atoms with Gasteiger partial charge in [0.1, 0.15) is 0 Å². The molecule has 3 nitrogen and oxygen atoms in total. The van der Waals surface area contributed by atoms with Crippen LogP contribution in [0.2, 0.25) is 0 Å². The van der Waals surface area contributed by atoms with Gasteiger partial charge in [-0.25, -0.2) is 4.68 Å². The van der Waals surface area contributed by atoms with Crippen LogP contribution in [-0.2, 0) is 0 Å². The number of benzene rings is 1. The summed E-state index contributed by atoms with van der Waals surface area (Å²) < 4.78 is 1.84. The molecule has 1 aromatic carbocycles. The summed E-state index contributed by atoms with van der Waals surface area (Å²) >= 11 is 0. The van der Waals surface area contributed by atoms with E-state index in [4.69, 9.17) is 0 Å². The molecule has 0 bridgehead atoms. The van der Waals surface area contributed by atoms with Gasteiger partial charge in [-0.15, -0.1) is 0 Å². The van der Waals surface area contributed by atoms with E-state index >= 15 is 0 Å². The summed E-state index contributed by atoms with van der Waals surface area (Å²) in [5, 5.41) is 4.29. The lowest BCUT2D eigenvalue weighted by Crippen LogP contribution is -2.05. The molecule has 0 aliphatic heterocycles. The minimum Gasteiger partial charge on any atom is -0.298 e. The Morgan fingerprint density at radius 2 is 1.88 bits per heavy atom. The van der Waals surface area contributed by atoms with Crippen LogP contribution in [0.15, 0.2) is 30.5 Å². The van der Waals surface area contributed by atoms with Crippen molar-refractivity contribution in [2.24, 2.45) is 0 Å². The molecule has 0 amide bonds. The van der Waals surface area contributed by atoms with E-state index in [1.165, 1.54) is 5.56 Å². The summed E-state index contributed by atoms with van der Waals surface area (Å²) in [5.41, 5.74) is 3.83. The number of aryl methyl sites for hydroxylation is 1. The number of hydrogen-bond acceptors (Lipinski definition) is 2. The molecule has 88 valence electrons. The Balaban J connectivity index is 2.55. The SMILES string of the molecule is Cc1ccc(-n2ncc(C=O)c2C(C)C)cc1. The molecule has 0 fully saturated rings. The van der Waals surface area contributed by atoms with Gasteiger partial charge in [-0.05, 0) is 25.0 Å². The Morgan fingerprint density at radius 3 is 2.41 bits per heavy atom. The van der Waals surface area contributed by atoms with Crippen LogP contribution in [0.3, 0.4) is 0 Å². The van der Waals surface area contributed by atoms with Crippen LogP contribution in [0, 0.1) is 6.92 Å². The number of rotatable bonds is 3. The molecule has 0 radical (unpaired) electrons. The maximum absolute atomic E-state index is 11.0. The van der Waals surface area contributed by atoms with Crippen molar-refractivity contribution >= 4 is 6.29 Å². The van der Waals surface area contributed by atoms with Crippen LogP contribution in [-0.4, -0.2) is 16.1 Å². The van der Waals surface area contributed by atoms with Crippen molar-refractivity contribution in [2.45, 2.75) is 26.7 Å². The lowest BCUT2D eigenvalue weighted by Gasteiger charge is -2.11. The van der Waals surface area contributed by atoms with E-state index in [2.05, 4.69) is 18.9 Å². The average Bonchev–Trinajstić information content (AvgIpc) is 2.73. The normalized spacial score (nSPS) is 10.8. The zero-order valence-corrected chi connectivity index (χ0v) is 10.3. The first-order valence-corrected chi connectivity index (χ1v) is 5.73. The minimum atomic E-state index is 0.263. The van der Waals surface area contributed by atoms with Crippen molar-refractivity contribution in [3.05, 3.63) is 47.3 Å². The summed E-state index contributed by atoms with van der Waals surface area (Å²) in [6, 6.07) is 8.12. The molecule has 0 aliphatic carbocycles. The molecular weight excluding hydrogens is 212 g/mol. The fourth-order valence-corrected chi connectivity index (χ4v) is 1.93. The number of hydrogen-bond donors (Lipinski definition) is 0. The van der Waals surface area contributed by atoms with E-state index in [0.29, 0.717) is 5.56 Å². The zero-order chi connectivity index (χ0) is 12.4. The number of aldehydes is 1. The van der Waals surface area contributed by atoms with Crippen molar-refractivity contribution in [2.75, 3.05) is 0 Å². The standard InChI is InChI=1S/C14H16N2O/c1-10(2)14-12(9-17)8-15-16(14)13-6-4-11(3)5-7-13/h4-10H,1-3H3. The van der Waals surface area contributed by atoms with E-state index < -0.39 is 0 Å². The Bertz CT molecular complexity index is 524. The van der Waals surface area contributed by atoms with Crippen LogP contribution in [0.25, 0.3) is 5.69 Å². The molecule has 1 heterocycles. The van der Waals surface area contributed by atoms with Gasteiger partial charge in [0.2, 0.25) is 0 Å². The van der Waals surface area contributed by atoms with E-state index in [-0.39, 0.29) is 5.92 Å². The second-order valence-corrected chi connectivity index (χ2v) is 4.51. The molecule has 0 aliphatic rings. The van der Waals surface area contributed by atoms with Gasteiger partial charge in [0.15, 0.2) is 6.29 Å². The summed E-state index contributed by atoms with van der Waals surface area (Å²) in [6.45, 7) is 6.18. The highest BCUT2D eigenvalue weighted by molar-refractivity contribution is 5.76. The maximum Gasteiger partial charge on any atom is 0.153 e. The van der Waals surface area contributed by atoms with Crippen LogP contribution in [0.5, 0.6) is 0 Å². The second-order valence-electron chi connectivity index (χ2n) is 4.51. The fraction of sp³-hybridized carbons (Fsp3) is 0.286. The Kier molecular flexibility index (Phi) is 3.09. The lowest BCUT2D eigenvalue weighted by atomic mass is 10.1. The van der Waals surface area contributed by atoms with Crippen molar-refractivity contribution in [3.63, 3.8) is 0 Å². The van der Waals surface area contributed by atoms with Gasteiger partial charge in [-0.2, -0.15) is 5.10 Å². The van der Waals surface area contributed by atoms with Gasteiger partial charge in [-0.1, -0.05) is 31.5 Å². The molecule has 17 heavy (non-hydrogen) atoms. The Morgan fingerprint density at radius 1 is 1.24 bits per heavy atom. The first-order valence-electron chi connectivity index (χ1n) is 5.73. The Hall–Kier alpha value is -1.90. The molecule has 0 unspecified atom stereocenters. The van der Waals surface area contributed by atoms with Crippen LogP contribution >= 0.6 is 0 Å². The van der Waals surface area contributed by atoms with Crippen molar-refractivity contribution in [1.82, 2.24) is 9.78 Å². The highest BCUT2D eigenvalue weighted by atomic mass is 16.1. The smallest absolute Gasteiger partial charge is 0.153 e. The summed E-state index contributed by atoms with van der Waals surface area (Å²) in [4.78, 5) is 11.0. The third-order valence-electron chi connectivity index (χ3n) is 2.79. The van der Waals surface area contributed by atoms with Crippen molar-refractivity contribution < 1.29 is 4.79 Å². The summed E-state index contributed by atoms with van der Waals surface area (Å²) in [6.07, 6.45) is 2.50. The molecule has 2 rings (SSSR count). The Labute approximate surface area is 101 Å². The van der Waals surface area contributed by atoms with E-state index in [9.17, 15) is 4.79 Å². The molecule has 0 saturated heterocycles. The molecular formula is C14H16N2O. The maximum atomic E-state index is 11.0. The largest absolute Gasteiger partial charge is 0.298 e. The second kappa shape index (κ2) is 4.53. The predicted octanol–water partition coefficient (Wildman–Crippen LogP) is 3.12. The van der Waals surface area contributed by atoms with E-state index in [0.717, 1.165) is 17.7 Å². The number of aromatic nitrogens is 2. The van der Waals surface area contributed by atoms with Gasteiger partial charge in [-0.3, -0.25) is 4.79 Å². The van der Waals surface area contributed by atoms with Crippen molar-refractivity contribution in [1.29, 1.82) is 0 Å². The highest BCUT2D eigenvalue weighted by Crippen LogP contribution is 2.21. The number of carbonyl (C=O) groups is 1. The van der Waals surface area contributed by atoms with Gasteiger partial charge < -0.3 is 0 Å².